The molecule has 57 heavy (non-hydrogen) atoms. The van der Waals surface area contributed by atoms with Crippen molar-refractivity contribution in [2.75, 3.05) is 0 Å². The Bertz CT molecular complexity index is 3480. The maximum absolute atomic E-state index is 5.50. The molecule has 0 radical (unpaired) electrons. The highest BCUT2D eigenvalue weighted by Gasteiger charge is 2.23. The van der Waals surface area contributed by atoms with Gasteiger partial charge < -0.3 is 0 Å². The van der Waals surface area contributed by atoms with Gasteiger partial charge in [0.1, 0.15) is 0 Å². The third-order valence-corrected chi connectivity index (χ3v) is 12.1. The largest absolute Gasteiger partial charge is 0.252 e. The van der Waals surface area contributed by atoms with Gasteiger partial charge >= 0.3 is 0 Å². The van der Waals surface area contributed by atoms with Gasteiger partial charge in [0.15, 0.2) is 0 Å². The second kappa shape index (κ2) is 12.6. The quantitative estimate of drug-likeness (QED) is 0.166. The van der Waals surface area contributed by atoms with E-state index in [1.807, 2.05) is 0 Å². The Labute approximate surface area is 330 Å². The molecular weight excluding hydrogens is 689 g/mol. The van der Waals surface area contributed by atoms with Crippen LogP contribution in [-0.2, 0) is 6.42 Å². The van der Waals surface area contributed by atoms with Gasteiger partial charge in [-0.25, -0.2) is 4.98 Å². The Balaban J connectivity index is 1.03. The molecule has 0 amide bonds. The highest BCUT2D eigenvalue weighted by molar-refractivity contribution is 6.21. The molecule has 0 saturated carbocycles. The fraction of sp³-hybridized carbons (Fsp3) is 0.0182. The summed E-state index contributed by atoms with van der Waals surface area (Å²) in [4.78, 5) is 10.8. The van der Waals surface area contributed by atoms with E-state index in [0.717, 1.165) is 50.9 Å². The van der Waals surface area contributed by atoms with Crippen molar-refractivity contribution in [1.82, 2.24) is 4.98 Å². The number of hydrogen-bond donors (Lipinski definition) is 0. The summed E-state index contributed by atoms with van der Waals surface area (Å²) in [5.41, 5.74) is 12.5. The summed E-state index contributed by atoms with van der Waals surface area (Å²) < 4.78 is 0. The first-order chi connectivity index (χ1) is 28.2. The highest BCUT2D eigenvalue weighted by Crippen LogP contribution is 2.44. The summed E-state index contributed by atoms with van der Waals surface area (Å²) in [6.07, 6.45) is 0.811. The van der Waals surface area contributed by atoms with Crippen LogP contribution in [0.5, 0.6) is 0 Å². The minimum atomic E-state index is 0.811. The predicted octanol–water partition coefficient (Wildman–Crippen LogP) is 14.7. The third-order valence-electron chi connectivity index (χ3n) is 12.1. The van der Waals surface area contributed by atoms with Crippen molar-refractivity contribution in [3.05, 3.63) is 205 Å². The standard InChI is InChI=1S/C55H34N2/c1-3-13-38-29-40(27-21-34(38)11-1)48-31-50-49(41-28-22-35-12-2-4-14-39(35)30-41)32-52(56-54(50)47-20-10-8-18-45(47)48)36-23-25-37(26-24-36)53-33-51-44-17-6-5-15-42(44)43-16-7-9-19-46(43)55(51)57-53/h1-32H,33H2. The van der Waals surface area contributed by atoms with Gasteiger partial charge in [-0.05, 0) is 101 Å². The zero-order valence-electron chi connectivity index (χ0n) is 31.1. The van der Waals surface area contributed by atoms with E-state index in [1.165, 1.54) is 76.3 Å². The van der Waals surface area contributed by atoms with E-state index in [4.69, 9.17) is 9.98 Å². The van der Waals surface area contributed by atoms with Gasteiger partial charge in [0.25, 0.3) is 0 Å². The van der Waals surface area contributed by atoms with Gasteiger partial charge in [0.2, 0.25) is 0 Å². The molecule has 1 aromatic heterocycles. The molecule has 0 saturated heterocycles. The molecule has 2 heterocycles. The number of fused-ring (bicyclic) bond motifs is 11. The maximum atomic E-state index is 5.50. The third kappa shape index (κ3) is 5.11. The van der Waals surface area contributed by atoms with Crippen LogP contribution in [0, 0.1) is 0 Å². The molecule has 0 unspecified atom stereocenters. The van der Waals surface area contributed by atoms with Gasteiger partial charge in [0.05, 0.1) is 22.6 Å². The van der Waals surface area contributed by atoms with Crippen molar-refractivity contribution in [2.45, 2.75) is 6.42 Å². The number of rotatable bonds is 4. The Kier molecular flexibility index (Phi) is 7.02. The van der Waals surface area contributed by atoms with Gasteiger partial charge in [-0.15, -0.1) is 0 Å². The van der Waals surface area contributed by atoms with Crippen LogP contribution in [-0.4, -0.2) is 10.7 Å². The predicted molar refractivity (Wildman–Crippen MR) is 242 cm³/mol. The van der Waals surface area contributed by atoms with E-state index < -0.39 is 0 Å². The summed E-state index contributed by atoms with van der Waals surface area (Å²) in [6.45, 7) is 0. The second-order valence-corrected chi connectivity index (χ2v) is 15.3. The van der Waals surface area contributed by atoms with E-state index in [-0.39, 0.29) is 0 Å². The number of pyridine rings is 1. The monoisotopic (exact) mass is 722 g/mol. The van der Waals surface area contributed by atoms with Crippen molar-refractivity contribution in [3.8, 4) is 33.5 Å². The highest BCUT2D eigenvalue weighted by atomic mass is 14.8. The van der Waals surface area contributed by atoms with Crippen molar-refractivity contribution in [1.29, 1.82) is 0 Å². The van der Waals surface area contributed by atoms with E-state index in [9.17, 15) is 0 Å². The molecule has 2 heteroatoms. The first kappa shape index (κ1) is 31.9. The van der Waals surface area contributed by atoms with Crippen molar-refractivity contribution < 1.29 is 0 Å². The second-order valence-electron chi connectivity index (χ2n) is 15.3. The van der Waals surface area contributed by atoms with Gasteiger partial charge in [-0.3, -0.25) is 4.99 Å². The molecule has 0 bridgehead atoms. The summed E-state index contributed by atoms with van der Waals surface area (Å²) in [5.74, 6) is 0. The molecule has 1 aliphatic heterocycles. The lowest BCUT2D eigenvalue weighted by Gasteiger charge is -2.16. The van der Waals surface area contributed by atoms with Crippen LogP contribution in [0.25, 0.3) is 98.3 Å². The lowest BCUT2D eigenvalue weighted by Crippen LogP contribution is -2.00. The number of nitrogens with zero attached hydrogens (tertiary/aromatic N) is 2. The minimum absolute atomic E-state index is 0.811. The normalized spacial score (nSPS) is 12.6. The van der Waals surface area contributed by atoms with E-state index in [2.05, 4.69) is 194 Å². The van der Waals surface area contributed by atoms with Gasteiger partial charge in [0, 0.05) is 28.1 Å². The zero-order valence-corrected chi connectivity index (χ0v) is 31.1. The van der Waals surface area contributed by atoms with Gasteiger partial charge in [-0.2, -0.15) is 0 Å². The number of hydrogen-bond acceptors (Lipinski definition) is 2. The Morgan fingerprint density at radius 1 is 0.333 bits per heavy atom. The van der Waals surface area contributed by atoms with Crippen LogP contribution in [0.15, 0.2) is 199 Å². The molecule has 1 aliphatic rings. The van der Waals surface area contributed by atoms with Crippen LogP contribution in [0.2, 0.25) is 0 Å². The van der Waals surface area contributed by atoms with Crippen molar-refractivity contribution >= 4 is 76.2 Å². The summed E-state index contributed by atoms with van der Waals surface area (Å²) in [7, 11) is 0. The zero-order chi connectivity index (χ0) is 37.5. The molecule has 0 N–H and O–H groups in total. The van der Waals surface area contributed by atoms with Crippen LogP contribution in [0.4, 0.5) is 5.69 Å². The Morgan fingerprint density at radius 3 is 1.49 bits per heavy atom. The van der Waals surface area contributed by atoms with Crippen LogP contribution in [0.1, 0.15) is 11.1 Å². The van der Waals surface area contributed by atoms with Crippen molar-refractivity contribution in [2.24, 2.45) is 4.99 Å². The minimum Gasteiger partial charge on any atom is -0.252 e. The lowest BCUT2D eigenvalue weighted by atomic mass is 9.90. The first-order valence-corrected chi connectivity index (χ1v) is 19.7. The molecule has 0 atom stereocenters. The van der Waals surface area contributed by atoms with Gasteiger partial charge in [-0.1, -0.05) is 170 Å². The topological polar surface area (TPSA) is 25.2 Å². The number of benzene rings is 10. The van der Waals surface area contributed by atoms with Crippen molar-refractivity contribution in [3.63, 3.8) is 0 Å². The molecule has 2 nitrogen and oxygen atoms in total. The van der Waals surface area contributed by atoms with E-state index in [0.29, 0.717) is 0 Å². The van der Waals surface area contributed by atoms with E-state index in [1.54, 1.807) is 0 Å². The molecule has 264 valence electrons. The maximum Gasteiger partial charge on any atom is 0.0794 e. The fourth-order valence-electron chi connectivity index (χ4n) is 9.24. The molecular formula is C55H34N2. The molecule has 0 spiro atoms. The average molecular weight is 723 g/mol. The molecule has 10 aromatic carbocycles. The summed E-state index contributed by atoms with van der Waals surface area (Å²) in [5, 5.41) is 13.5. The van der Waals surface area contributed by atoms with E-state index >= 15 is 0 Å². The first-order valence-electron chi connectivity index (χ1n) is 19.7. The SMILES string of the molecule is c1ccc2cc(-c3cc4c(-c5ccc6ccccc6c5)cc(-c5ccc(C6=Nc7c(c8ccccc8c8ccccc78)C6)cc5)nc4c4ccccc34)ccc2c1. The van der Waals surface area contributed by atoms with Crippen LogP contribution in [0.3, 0.4) is 0 Å². The molecule has 0 fully saturated rings. The number of aromatic nitrogens is 1. The van der Waals surface area contributed by atoms with Crippen LogP contribution < -0.4 is 0 Å². The van der Waals surface area contributed by atoms with Crippen LogP contribution >= 0.6 is 0 Å². The number of aliphatic imine (C=N–C) groups is 1. The molecule has 12 rings (SSSR count). The summed E-state index contributed by atoms with van der Waals surface area (Å²) >= 11 is 0. The smallest absolute Gasteiger partial charge is 0.0794 e. The Morgan fingerprint density at radius 2 is 0.825 bits per heavy atom. The molecule has 11 aromatic rings. The average Bonchev–Trinajstić information content (AvgIpc) is 3.75. The lowest BCUT2D eigenvalue weighted by molar-refractivity contribution is 1.40. The fourth-order valence-corrected chi connectivity index (χ4v) is 9.24. The Hall–Kier alpha value is -7.42. The molecule has 0 aliphatic carbocycles. The summed E-state index contributed by atoms with van der Waals surface area (Å²) in [6, 6.07) is 70.6.